The van der Waals surface area contributed by atoms with E-state index in [1.54, 1.807) is 43.3 Å². The van der Waals surface area contributed by atoms with Crippen molar-refractivity contribution in [2.75, 3.05) is 10.6 Å². The number of hydrogen-bond acceptors (Lipinski definition) is 4. The van der Waals surface area contributed by atoms with Gasteiger partial charge in [0, 0.05) is 29.9 Å². The lowest BCUT2D eigenvalue weighted by atomic mass is 10.0. The number of alkyl halides is 3. The highest BCUT2D eigenvalue weighted by Gasteiger charge is 2.33. The maximum atomic E-state index is 13.3. The van der Waals surface area contributed by atoms with Crippen molar-refractivity contribution >= 4 is 29.4 Å². The molecule has 0 unspecified atom stereocenters. The van der Waals surface area contributed by atoms with Gasteiger partial charge < -0.3 is 15.4 Å². The zero-order chi connectivity index (χ0) is 25.7. The van der Waals surface area contributed by atoms with E-state index in [0.717, 1.165) is 18.9 Å². The Hall–Kier alpha value is -4.14. The smallest absolute Gasteiger partial charge is 0.416 e. The summed E-state index contributed by atoms with van der Waals surface area (Å²) in [7, 11) is 0. The molecule has 36 heavy (non-hydrogen) atoms. The Morgan fingerprint density at radius 1 is 1.06 bits per heavy atom. The number of aryl methyl sites for hydroxylation is 1. The molecule has 0 saturated heterocycles. The number of aromatic nitrogens is 1. The van der Waals surface area contributed by atoms with Crippen LogP contribution < -0.4 is 15.4 Å². The minimum Gasteiger partial charge on any atom is -0.457 e. The van der Waals surface area contributed by atoms with E-state index in [-0.39, 0.29) is 29.5 Å². The Balaban J connectivity index is 1.39. The molecule has 0 atom stereocenters. The molecule has 2 N–H and O–H groups in total. The van der Waals surface area contributed by atoms with E-state index in [9.17, 15) is 22.8 Å². The molecule has 186 valence electrons. The summed E-state index contributed by atoms with van der Waals surface area (Å²) in [5.74, 6) is 0.807. The van der Waals surface area contributed by atoms with Crippen molar-refractivity contribution in [2.45, 2.75) is 32.4 Å². The molecule has 0 spiro atoms. The molecule has 2 aromatic carbocycles. The van der Waals surface area contributed by atoms with Crippen molar-refractivity contribution in [2.24, 2.45) is 5.92 Å². The fraction of sp³-hybridized carbons (Fsp3) is 0.222. The lowest BCUT2D eigenvalue weighted by Crippen LogP contribution is -2.14. The quantitative estimate of drug-likeness (QED) is 0.352. The third-order valence-electron chi connectivity index (χ3n) is 5.52. The minimum absolute atomic E-state index is 0.0546. The zero-order valence-corrected chi connectivity index (χ0v) is 19.4. The highest BCUT2D eigenvalue weighted by atomic mass is 19.4. The number of rotatable bonds is 8. The number of hydrogen-bond donors (Lipinski definition) is 2. The van der Waals surface area contributed by atoms with E-state index in [0.29, 0.717) is 22.9 Å². The van der Waals surface area contributed by atoms with Gasteiger partial charge in [0.05, 0.1) is 5.56 Å². The number of carbonyl (C=O) groups excluding carboxylic acids is 2. The van der Waals surface area contributed by atoms with Crippen LogP contribution in [0.25, 0.3) is 6.08 Å². The van der Waals surface area contributed by atoms with Crippen molar-refractivity contribution in [3.63, 3.8) is 0 Å². The third-order valence-corrected chi connectivity index (χ3v) is 5.52. The van der Waals surface area contributed by atoms with Gasteiger partial charge in [-0.1, -0.05) is 25.1 Å². The van der Waals surface area contributed by atoms with Crippen LogP contribution in [0.3, 0.4) is 0 Å². The number of nitrogens with zero attached hydrogens (tertiary/aromatic N) is 1. The summed E-state index contributed by atoms with van der Waals surface area (Å²) in [5, 5.41) is 5.23. The number of amides is 2. The molecular weight excluding hydrogens is 471 g/mol. The fourth-order valence-electron chi connectivity index (χ4n) is 3.52. The number of carbonyl (C=O) groups is 2. The molecule has 2 amide bonds. The van der Waals surface area contributed by atoms with Crippen LogP contribution in [-0.4, -0.2) is 16.8 Å². The van der Waals surface area contributed by atoms with Crippen LogP contribution in [0.15, 0.2) is 66.9 Å². The molecule has 1 heterocycles. The molecule has 4 rings (SSSR count). The number of pyridine rings is 1. The Bertz CT molecular complexity index is 1300. The van der Waals surface area contributed by atoms with E-state index in [2.05, 4.69) is 15.6 Å². The van der Waals surface area contributed by atoms with Gasteiger partial charge in [0.1, 0.15) is 17.3 Å². The highest BCUT2D eigenvalue weighted by molar-refractivity contribution is 6.02. The highest BCUT2D eigenvalue weighted by Crippen LogP contribution is 2.34. The number of benzene rings is 2. The van der Waals surface area contributed by atoms with Gasteiger partial charge in [0.25, 0.3) is 0 Å². The molecule has 0 radical (unpaired) electrons. The second-order valence-corrected chi connectivity index (χ2v) is 8.36. The van der Waals surface area contributed by atoms with Crippen LogP contribution in [0, 0.1) is 5.92 Å². The number of halogens is 3. The minimum atomic E-state index is -4.50. The van der Waals surface area contributed by atoms with Crippen molar-refractivity contribution < 1.29 is 27.5 Å². The van der Waals surface area contributed by atoms with Crippen LogP contribution in [0.1, 0.15) is 36.5 Å². The van der Waals surface area contributed by atoms with Gasteiger partial charge in [-0.05, 0) is 66.8 Å². The third kappa shape index (κ3) is 6.71. The standard InChI is InChI=1S/C27H24F3N3O3/c1-2-18-9-10-20(15-23(18)27(28,29)30)32-25(34)11-6-17-4-3-5-21(14-17)36-22-12-13-31-24(16-22)33-26(35)19-7-8-19/h3-6,9-16,19H,2,7-8H2,1H3,(H,32,34)(H,31,33,35). The van der Waals surface area contributed by atoms with Crippen LogP contribution in [0.4, 0.5) is 24.7 Å². The predicted molar refractivity (Wildman–Crippen MR) is 131 cm³/mol. The molecule has 1 aliphatic carbocycles. The van der Waals surface area contributed by atoms with E-state index in [1.807, 2.05) is 0 Å². The summed E-state index contributed by atoms with van der Waals surface area (Å²) in [6.07, 6.45) is 1.81. The van der Waals surface area contributed by atoms with Crippen molar-refractivity contribution in [3.05, 3.63) is 83.6 Å². The average Bonchev–Trinajstić information content (AvgIpc) is 3.68. The van der Waals surface area contributed by atoms with Crippen LogP contribution in [-0.2, 0) is 22.2 Å². The summed E-state index contributed by atoms with van der Waals surface area (Å²) >= 11 is 0. The second-order valence-electron chi connectivity index (χ2n) is 8.36. The first kappa shape index (κ1) is 25.0. The Labute approximate surface area is 206 Å². The molecule has 1 aliphatic rings. The molecule has 1 aromatic heterocycles. The Morgan fingerprint density at radius 3 is 2.56 bits per heavy atom. The largest absolute Gasteiger partial charge is 0.457 e. The monoisotopic (exact) mass is 495 g/mol. The summed E-state index contributed by atoms with van der Waals surface area (Å²) in [6.45, 7) is 1.64. The molecule has 0 aliphatic heterocycles. The van der Waals surface area contributed by atoms with Gasteiger partial charge in [-0.15, -0.1) is 0 Å². The topological polar surface area (TPSA) is 80.3 Å². The number of anilines is 2. The molecule has 9 heteroatoms. The van der Waals surface area contributed by atoms with Gasteiger partial charge in [-0.3, -0.25) is 9.59 Å². The maximum Gasteiger partial charge on any atom is 0.416 e. The van der Waals surface area contributed by atoms with Crippen LogP contribution >= 0.6 is 0 Å². The molecule has 0 bridgehead atoms. The van der Waals surface area contributed by atoms with Crippen LogP contribution in [0.2, 0.25) is 0 Å². The first-order valence-corrected chi connectivity index (χ1v) is 11.5. The van der Waals surface area contributed by atoms with E-state index >= 15 is 0 Å². The van der Waals surface area contributed by atoms with Gasteiger partial charge in [0.15, 0.2) is 0 Å². The van der Waals surface area contributed by atoms with E-state index in [1.165, 1.54) is 30.5 Å². The first-order valence-electron chi connectivity index (χ1n) is 11.5. The lowest BCUT2D eigenvalue weighted by Gasteiger charge is -2.13. The van der Waals surface area contributed by atoms with Gasteiger partial charge >= 0.3 is 6.18 Å². The molecule has 3 aromatic rings. The second kappa shape index (κ2) is 10.6. The Kier molecular flexibility index (Phi) is 7.38. The van der Waals surface area contributed by atoms with Crippen molar-refractivity contribution in [3.8, 4) is 11.5 Å². The summed E-state index contributed by atoms with van der Waals surface area (Å²) in [4.78, 5) is 28.4. The zero-order valence-electron chi connectivity index (χ0n) is 19.4. The average molecular weight is 496 g/mol. The molecule has 1 saturated carbocycles. The van der Waals surface area contributed by atoms with E-state index < -0.39 is 17.6 Å². The molecule has 1 fully saturated rings. The van der Waals surface area contributed by atoms with E-state index in [4.69, 9.17) is 4.74 Å². The lowest BCUT2D eigenvalue weighted by molar-refractivity contribution is -0.138. The summed E-state index contributed by atoms with van der Waals surface area (Å²) in [6, 6.07) is 13.9. The first-order chi connectivity index (χ1) is 17.2. The fourth-order valence-corrected chi connectivity index (χ4v) is 3.52. The summed E-state index contributed by atoms with van der Waals surface area (Å²) in [5.41, 5.74) is 0.118. The maximum absolute atomic E-state index is 13.3. The van der Waals surface area contributed by atoms with Crippen molar-refractivity contribution in [1.82, 2.24) is 4.98 Å². The summed E-state index contributed by atoms with van der Waals surface area (Å²) < 4.78 is 45.7. The van der Waals surface area contributed by atoms with Crippen molar-refractivity contribution in [1.29, 1.82) is 0 Å². The number of ether oxygens (including phenoxy) is 1. The number of nitrogens with one attached hydrogen (secondary N) is 2. The normalized spacial score (nSPS) is 13.4. The van der Waals surface area contributed by atoms with Crippen LogP contribution in [0.5, 0.6) is 11.5 Å². The Morgan fingerprint density at radius 2 is 1.83 bits per heavy atom. The SMILES string of the molecule is CCc1ccc(NC(=O)C=Cc2cccc(Oc3ccnc(NC(=O)C4CC4)c3)c2)cc1C(F)(F)F. The predicted octanol–water partition coefficient (Wildman–Crippen LogP) is 6.46. The van der Waals surface area contributed by atoms with Gasteiger partial charge in [-0.2, -0.15) is 13.2 Å². The van der Waals surface area contributed by atoms with Gasteiger partial charge in [0.2, 0.25) is 11.8 Å². The van der Waals surface area contributed by atoms with Gasteiger partial charge in [-0.25, -0.2) is 4.98 Å². The molecular formula is C27H24F3N3O3. The molecule has 6 nitrogen and oxygen atoms in total.